The van der Waals surface area contributed by atoms with Gasteiger partial charge in [-0.3, -0.25) is 4.68 Å². The van der Waals surface area contributed by atoms with Crippen molar-refractivity contribution in [3.8, 4) is 0 Å². The fourth-order valence-corrected chi connectivity index (χ4v) is 3.17. The first-order valence-corrected chi connectivity index (χ1v) is 8.19. The molecule has 0 atom stereocenters. The summed E-state index contributed by atoms with van der Waals surface area (Å²) in [5.41, 5.74) is 1.55. The smallest absolute Gasteiger partial charge is 0.264 e. The van der Waals surface area contributed by atoms with Gasteiger partial charge in [0.1, 0.15) is 4.90 Å². The molecule has 96 valence electrons. The lowest BCUT2D eigenvalue weighted by molar-refractivity contribution is 0.607. The second-order valence-corrected chi connectivity index (χ2v) is 7.27. The van der Waals surface area contributed by atoms with Gasteiger partial charge in [0.15, 0.2) is 0 Å². The Balaban J connectivity index is 2.34. The van der Waals surface area contributed by atoms with Crippen LogP contribution in [0.2, 0.25) is 0 Å². The van der Waals surface area contributed by atoms with Gasteiger partial charge in [0, 0.05) is 15.2 Å². The number of benzene rings is 1. The maximum absolute atomic E-state index is 11.3. The molecular formula is C11H10BrClN2O2S. The Hall–Kier alpha value is -0.850. The number of hydrogen-bond donors (Lipinski definition) is 0. The Kier molecular flexibility index (Phi) is 3.79. The molecule has 1 aromatic carbocycles. The molecule has 0 aliphatic carbocycles. The molecule has 7 heteroatoms. The van der Waals surface area contributed by atoms with Gasteiger partial charge >= 0.3 is 0 Å². The van der Waals surface area contributed by atoms with E-state index in [1.54, 1.807) is 11.6 Å². The molecule has 0 saturated heterocycles. The normalized spacial score (nSPS) is 11.7. The summed E-state index contributed by atoms with van der Waals surface area (Å²) < 4.78 is 25.1. The van der Waals surface area contributed by atoms with E-state index >= 15 is 0 Å². The van der Waals surface area contributed by atoms with Crippen molar-refractivity contribution in [2.45, 2.75) is 18.4 Å². The summed E-state index contributed by atoms with van der Waals surface area (Å²) in [5.74, 6) is 0. The Morgan fingerprint density at radius 1 is 1.44 bits per heavy atom. The molecule has 0 unspecified atom stereocenters. The van der Waals surface area contributed by atoms with E-state index in [0.717, 1.165) is 10.0 Å². The van der Waals surface area contributed by atoms with Crippen LogP contribution in [0.1, 0.15) is 11.3 Å². The van der Waals surface area contributed by atoms with Crippen molar-refractivity contribution in [1.82, 2.24) is 9.78 Å². The van der Waals surface area contributed by atoms with E-state index in [2.05, 4.69) is 21.0 Å². The molecule has 0 aliphatic rings. The highest BCUT2D eigenvalue weighted by Gasteiger charge is 2.17. The van der Waals surface area contributed by atoms with E-state index in [-0.39, 0.29) is 4.90 Å². The van der Waals surface area contributed by atoms with E-state index in [0.29, 0.717) is 12.2 Å². The van der Waals surface area contributed by atoms with Crippen molar-refractivity contribution >= 4 is 35.7 Å². The van der Waals surface area contributed by atoms with Gasteiger partial charge in [-0.05, 0) is 24.6 Å². The first-order valence-electron chi connectivity index (χ1n) is 5.09. The number of halogens is 2. The van der Waals surface area contributed by atoms with E-state index in [4.69, 9.17) is 10.7 Å². The molecule has 0 amide bonds. The lowest BCUT2D eigenvalue weighted by Gasteiger charge is -2.05. The highest BCUT2D eigenvalue weighted by molar-refractivity contribution is 9.10. The predicted octanol–water partition coefficient (Wildman–Crippen LogP) is 2.93. The molecule has 1 heterocycles. The third kappa shape index (κ3) is 2.93. The minimum Gasteiger partial charge on any atom is -0.264 e. The van der Waals surface area contributed by atoms with Crippen LogP contribution >= 0.6 is 26.6 Å². The molecule has 2 aromatic rings. The SMILES string of the molecule is Cc1c(S(=O)(=O)Cl)cnn1Cc1cccc(Br)c1. The van der Waals surface area contributed by atoms with Crippen LogP contribution < -0.4 is 0 Å². The molecule has 1 aromatic heterocycles. The van der Waals surface area contributed by atoms with Crippen molar-refractivity contribution in [3.63, 3.8) is 0 Å². The zero-order chi connectivity index (χ0) is 13.3. The van der Waals surface area contributed by atoms with Gasteiger partial charge in [-0.15, -0.1) is 0 Å². The van der Waals surface area contributed by atoms with Crippen molar-refractivity contribution in [2.24, 2.45) is 0 Å². The molecule has 0 fully saturated rings. The van der Waals surface area contributed by atoms with Crippen LogP contribution in [0.4, 0.5) is 0 Å². The molecule has 0 spiro atoms. The fraction of sp³-hybridized carbons (Fsp3) is 0.182. The summed E-state index contributed by atoms with van der Waals surface area (Å²) in [6.45, 7) is 2.18. The molecule has 2 rings (SSSR count). The van der Waals surface area contributed by atoms with Crippen LogP contribution in [0.15, 0.2) is 39.8 Å². The first-order chi connectivity index (χ1) is 8.38. The molecule has 0 radical (unpaired) electrons. The van der Waals surface area contributed by atoms with Crippen LogP contribution in [-0.2, 0) is 15.6 Å². The summed E-state index contributed by atoms with van der Waals surface area (Å²) in [5, 5.41) is 4.04. The predicted molar refractivity (Wildman–Crippen MR) is 73.2 cm³/mol. The van der Waals surface area contributed by atoms with Gasteiger partial charge in [-0.25, -0.2) is 8.42 Å². The quantitative estimate of drug-likeness (QED) is 0.801. The van der Waals surface area contributed by atoms with E-state index in [1.165, 1.54) is 6.20 Å². The average Bonchev–Trinajstić information content (AvgIpc) is 2.60. The highest BCUT2D eigenvalue weighted by Crippen LogP contribution is 2.20. The Morgan fingerprint density at radius 2 is 2.17 bits per heavy atom. The minimum atomic E-state index is -3.73. The van der Waals surface area contributed by atoms with Crippen molar-refractivity contribution in [1.29, 1.82) is 0 Å². The Bertz CT molecular complexity index is 682. The number of rotatable bonds is 3. The number of nitrogens with zero attached hydrogens (tertiary/aromatic N) is 2. The third-order valence-corrected chi connectivity index (χ3v) is 4.46. The summed E-state index contributed by atoms with van der Waals surface area (Å²) in [6.07, 6.45) is 1.27. The van der Waals surface area contributed by atoms with Crippen LogP contribution in [0.25, 0.3) is 0 Å². The monoisotopic (exact) mass is 348 g/mol. The second-order valence-electron chi connectivity index (χ2n) is 3.82. The van der Waals surface area contributed by atoms with Gasteiger partial charge in [0.05, 0.1) is 18.4 Å². The lowest BCUT2D eigenvalue weighted by atomic mass is 10.2. The zero-order valence-corrected chi connectivity index (χ0v) is 12.6. The van der Waals surface area contributed by atoms with Gasteiger partial charge in [-0.2, -0.15) is 5.10 Å². The zero-order valence-electron chi connectivity index (χ0n) is 9.47. The van der Waals surface area contributed by atoms with E-state index in [1.807, 2.05) is 24.3 Å². The molecule has 0 bridgehead atoms. The van der Waals surface area contributed by atoms with Crippen LogP contribution in [-0.4, -0.2) is 18.2 Å². The summed E-state index contributed by atoms with van der Waals surface area (Å²) in [4.78, 5) is 0.0548. The maximum atomic E-state index is 11.3. The molecular weight excluding hydrogens is 340 g/mol. The van der Waals surface area contributed by atoms with Gasteiger partial charge in [0.25, 0.3) is 9.05 Å². The third-order valence-electron chi connectivity index (χ3n) is 2.54. The van der Waals surface area contributed by atoms with Crippen molar-refractivity contribution in [3.05, 3.63) is 46.2 Å². The first kappa shape index (κ1) is 13.6. The largest absolute Gasteiger partial charge is 0.264 e. The van der Waals surface area contributed by atoms with Crippen molar-refractivity contribution in [2.75, 3.05) is 0 Å². The molecule has 4 nitrogen and oxygen atoms in total. The van der Waals surface area contributed by atoms with Crippen LogP contribution in [0.3, 0.4) is 0 Å². The van der Waals surface area contributed by atoms with E-state index in [9.17, 15) is 8.42 Å². The fourth-order valence-electron chi connectivity index (χ4n) is 1.64. The second kappa shape index (κ2) is 5.03. The number of aromatic nitrogens is 2. The Morgan fingerprint density at radius 3 is 2.72 bits per heavy atom. The molecule has 18 heavy (non-hydrogen) atoms. The summed E-state index contributed by atoms with van der Waals surface area (Å²) in [7, 11) is 1.58. The minimum absolute atomic E-state index is 0.0548. The van der Waals surface area contributed by atoms with Gasteiger partial charge in [-0.1, -0.05) is 28.1 Å². The summed E-state index contributed by atoms with van der Waals surface area (Å²) >= 11 is 3.38. The maximum Gasteiger partial charge on any atom is 0.264 e. The van der Waals surface area contributed by atoms with Gasteiger partial charge in [0.2, 0.25) is 0 Å². The topological polar surface area (TPSA) is 52.0 Å². The average molecular weight is 350 g/mol. The molecule has 0 aliphatic heterocycles. The lowest BCUT2D eigenvalue weighted by Crippen LogP contribution is -2.04. The van der Waals surface area contributed by atoms with E-state index < -0.39 is 9.05 Å². The molecule has 0 N–H and O–H groups in total. The van der Waals surface area contributed by atoms with Gasteiger partial charge < -0.3 is 0 Å². The Labute approximate surface area is 118 Å². The molecule has 0 saturated carbocycles. The summed E-state index contributed by atoms with van der Waals surface area (Å²) in [6, 6.07) is 7.74. The number of hydrogen-bond acceptors (Lipinski definition) is 3. The standard InChI is InChI=1S/C11H10BrClN2O2S/c1-8-11(18(13,16)17)6-14-15(8)7-9-3-2-4-10(12)5-9/h2-6H,7H2,1H3. The van der Waals surface area contributed by atoms with Crippen LogP contribution in [0, 0.1) is 6.92 Å². The van der Waals surface area contributed by atoms with Crippen LogP contribution in [0.5, 0.6) is 0 Å². The van der Waals surface area contributed by atoms with Crippen molar-refractivity contribution < 1.29 is 8.42 Å². The highest BCUT2D eigenvalue weighted by atomic mass is 79.9.